The van der Waals surface area contributed by atoms with Gasteiger partial charge in [0.2, 0.25) is 0 Å². The Morgan fingerprint density at radius 1 is 1.11 bits per heavy atom. The number of halogens is 3. The lowest BCUT2D eigenvalue weighted by Crippen LogP contribution is -2.13. The number of nitrogens with zero attached hydrogens (tertiary/aromatic N) is 2. The van der Waals surface area contributed by atoms with Crippen LogP contribution in [-0.2, 0) is 17.6 Å². The first kappa shape index (κ1) is 20.3. The second-order valence-electron chi connectivity index (χ2n) is 5.55. The topological polar surface area (TPSA) is 63.4 Å². The van der Waals surface area contributed by atoms with E-state index in [-0.39, 0.29) is 12.3 Å². The van der Waals surface area contributed by atoms with E-state index in [0.717, 1.165) is 12.1 Å². The summed E-state index contributed by atoms with van der Waals surface area (Å²) in [4.78, 5) is 5.02. The number of ether oxygens (including phenoxy) is 1. The highest BCUT2D eigenvalue weighted by Crippen LogP contribution is 2.29. The molecule has 0 aliphatic rings. The van der Waals surface area contributed by atoms with Crippen LogP contribution < -0.4 is 4.74 Å². The van der Waals surface area contributed by atoms with Gasteiger partial charge in [-0.05, 0) is 55.8 Å². The molecule has 0 spiro atoms. The molecule has 8 heteroatoms. The number of hydrogen-bond acceptors (Lipinski definition) is 5. The van der Waals surface area contributed by atoms with E-state index in [1.54, 1.807) is 44.2 Å². The third kappa shape index (κ3) is 5.73. The smallest absolute Gasteiger partial charge is 0.416 e. The van der Waals surface area contributed by atoms with E-state index in [1.807, 2.05) is 0 Å². The molecule has 0 heterocycles. The maximum absolute atomic E-state index is 12.7. The minimum absolute atomic E-state index is 0.000283. The Bertz CT molecular complexity index is 816. The van der Waals surface area contributed by atoms with Crippen LogP contribution in [-0.4, -0.2) is 23.2 Å². The van der Waals surface area contributed by atoms with Gasteiger partial charge >= 0.3 is 6.18 Å². The van der Waals surface area contributed by atoms with Crippen LogP contribution in [0.2, 0.25) is 0 Å². The molecule has 0 fully saturated rings. The zero-order valence-corrected chi connectivity index (χ0v) is 14.8. The van der Waals surface area contributed by atoms with Crippen molar-refractivity contribution in [3.05, 3.63) is 65.2 Å². The number of oxime groups is 2. The van der Waals surface area contributed by atoms with Crippen molar-refractivity contribution in [2.24, 2.45) is 10.3 Å². The van der Waals surface area contributed by atoms with E-state index >= 15 is 0 Å². The average molecular weight is 380 g/mol. The molecule has 0 unspecified atom stereocenters. The monoisotopic (exact) mass is 380 g/mol. The number of benzene rings is 2. The molecule has 0 amide bonds. The first-order valence-electron chi connectivity index (χ1n) is 8.13. The maximum Gasteiger partial charge on any atom is 0.416 e. The molecule has 2 rings (SSSR count). The Morgan fingerprint density at radius 3 is 2.41 bits per heavy atom. The summed E-state index contributed by atoms with van der Waals surface area (Å²) in [5.74, 6) is 0.477. The molecule has 5 nitrogen and oxygen atoms in total. The molecule has 0 aliphatic carbocycles. The highest BCUT2D eigenvalue weighted by Gasteiger charge is 2.30. The van der Waals surface area contributed by atoms with Crippen molar-refractivity contribution in [2.75, 3.05) is 6.61 Å². The predicted molar refractivity (Wildman–Crippen MR) is 95.3 cm³/mol. The van der Waals surface area contributed by atoms with Gasteiger partial charge < -0.3 is 14.8 Å². The third-order valence-corrected chi connectivity index (χ3v) is 3.57. The average Bonchev–Trinajstić information content (AvgIpc) is 2.67. The fraction of sp³-hybridized carbons (Fsp3) is 0.263. The Morgan fingerprint density at radius 2 is 1.81 bits per heavy atom. The zero-order chi connectivity index (χ0) is 19.9. The van der Waals surface area contributed by atoms with Crippen LogP contribution in [0.15, 0.2) is 58.8 Å². The highest BCUT2D eigenvalue weighted by molar-refractivity contribution is 6.47. The van der Waals surface area contributed by atoms with E-state index < -0.39 is 11.7 Å². The molecule has 0 saturated carbocycles. The van der Waals surface area contributed by atoms with Gasteiger partial charge in [0, 0.05) is 5.56 Å². The molecule has 27 heavy (non-hydrogen) atoms. The lowest BCUT2D eigenvalue weighted by molar-refractivity contribution is -0.137. The second-order valence-corrected chi connectivity index (χ2v) is 5.55. The fourth-order valence-electron chi connectivity index (χ4n) is 2.22. The number of rotatable bonds is 7. The third-order valence-electron chi connectivity index (χ3n) is 3.57. The minimum Gasteiger partial charge on any atom is -0.489 e. The van der Waals surface area contributed by atoms with Crippen molar-refractivity contribution in [1.29, 1.82) is 0 Å². The van der Waals surface area contributed by atoms with Gasteiger partial charge in [-0.25, -0.2) is 0 Å². The molecular formula is C19H19F3N2O3. The molecule has 2 aromatic carbocycles. The molecule has 2 aromatic rings. The molecule has 0 atom stereocenters. The highest BCUT2D eigenvalue weighted by atomic mass is 19.4. The fourth-order valence-corrected chi connectivity index (χ4v) is 2.22. The van der Waals surface area contributed by atoms with Gasteiger partial charge in [0.15, 0.2) is 0 Å². The minimum atomic E-state index is -4.39. The normalized spacial score (nSPS) is 12.8. The van der Waals surface area contributed by atoms with Crippen molar-refractivity contribution < 1.29 is 28.0 Å². The lowest BCUT2D eigenvalue weighted by atomic mass is 10.1. The Hall–Kier alpha value is -3.03. The number of alkyl halides is 3. The van der Waals surface area contributed by atoms with E-state index in [4.69, 9.17) is 14.8 Å². The van der Waals surface area contributed by atoms with Gasteiger partial charge in [-0.1, -0.05) is 22.4 Å². The first-order chi connectivity index (χ1) is 12.8. The molecule has 0 aromatic heterocycles. The van der Waals surface area contributed by atoms with Crippen molar-refractivity contribution >= 4 is 11.4 Å². The van der Waals surface area contributed by atoms with Gasteiger partial charge in [-0.15, -0.1) is 0 Å². The van der Waals surface area contributed by atoms with E-state index in [9.17, 15) is 13.2 Å². The van der Waals surface area contributed by atoms with E-state index in [1.165, 1.54) is 6.07 Å². The van der Waals surface area contributed by atoms with Crippen molar-refractivity contribution in [2.45, 2.75) is 26.6 Å². The summed E-state index contributed by atoms with van der Waals surface area (Å²) in [6.07, 6.45) is -4.39. The summed E-state index contributed by atoms with van der Waals surface area (Å²) in [6.45, 7) is 3.72. The van der Waals surface area contributed by atoms with Crippen molar-refractivity contribution in [1.82, 2.24) is 0 Å². The lowest BCUT2D eigenvalue weighted by Gasteiger charge is -2.11. The summed E-state index contributed by atoms with van der Waals surface area (Å²) >= 11 is 0. The second kappa shape index (κ2) is 9.07. The van der Waals surface area contributed by atoms with Gasteiger partial charge in [-0.2, -0.15) is 13.2 Å². The van der Waals surface area contributed by atoms with Crippen molar-refractivity contribution in [3.8, 4) is 5.75 Å². The quantitative estimate of drug-likeness (QED) is 0.423. The van der Waals surface area contributed by atoms with E-state index in [2.05, 4.69) is 10.3 Å². The van der Waals surface area contributed by atoms with Crippen LogP contribution in [0.25, 0.3) is 0 Å². The summed E-state index contributed by atoms with van der Waals surface area (Å²) in [5, 5.41) is 16.0. The molecular weight excluding hydrogens is 361 g/mol. The Labute approximate surface area is 154 Å². The predicted octanol–water partition coefficient (Wildman–Crippen LogP) is 4.88. The molecule has 1 N–H and O–H groups in total. The molecule has 0 radical (unpaired) electrons. The van der Waals surface area contributed by atoms with Gasteiger partial charge in [0.1, 0.15) is 30.4 Å². The van der Waals surface area contributed by atoms with Gasteiger partial charge in [0.25, 0.3) is 0 Å². The summed E-state index contributed by atoms with van der Waals surface area (Å²) in [7, 11) is 0. The van der Waals surface area contributed by atoms with Crippen LogP contribution in [0, 0.1) is 0 Å². The van der Waals surface area contributed by atoms with Gasteiger partial charge in [0.05, 0.1) is 5.56 Å². The summed E-state index contributed by atoms with van der Waals surface area (Å²) in [6, 6.07) is 11.7. The van der Waals surface area contributed by atoms with Crippen molar-refractivity contribution in [3.63, 3.8) is 0 Å². The summed E-state index contributed by atoms with van der Waals surface area (Å²) in [5.41, 5.74) is 0.986. The van der Waals surface area contributed by atoms with Crippen LogP contribution in [0.4, 0.5) is 13.2 Å². The van der Waals surface area contributed by atoms with E-state index in [0.29, 0.717) is 29.2 Å². The van der Waals surface area contributed by atoms with Crippen LogP contribution in [0.5, 0.6) is 5.75 Å². The molecule has 0 aliphatic heterocycles. The van der Waals surface area contributed by atoms with Crippen LogP contribution >= 0.6 is 0 Å². The Balaban J connectivity index is 2.10. The van der Waals surface area contributed by atoms with Crippen LogP contribution in [0.3, 0.4) is 0 Å². The van der Waals surface area contributed by atoms with Crippen LogP contribution in [0.1, 0.15) is 30.5 Å². The molecule has 144 valence electrons. The largest absolute Gasteiger partial charge is 0.489 e. The molecule has 0 bridgehead atoms. The summed E-state index contributed by atoms with van der Waals surface area (Å²) < 4.78 is 43.8. The number of hydrogen-bond donors (Lipinski definition) is 1. The zero-order valence-electron chi connectivity index (χ0n) is 14.8. The Kier molecular flexibility index (Phi) is 6.81. The standard InChI is InChI=1S/C19H19F3N2O3/c1-3-27-24-18(13(2)23-25)15-7-9-17(10-8-15)26-12-14-5-4-6-16(11-14)19(20,21)22/h4-11,25H,3,12H2,1-2H3. The first-order valence-corrected chi connectivity index (χ1v) is 8.13. The SMILES string of the molecule is CCON=C(C(C)=NO)c1ccc(OCc2cccc(C(F)(F)F)c2)cc1. The van der Waals surface area contributed by atoms with Gasteiger partial charge in [-0.3, -0.25) is 0 Å². The molecule has 0 saturated heterocycles. The maximum atomic E-state index is 12.7.